The molecule has 2 aromatic rings. The van der Waals surface area contributed by atoms with Crippen molar-refractivity contribution in [1.29, 1.82) is 0 Å². The largest absolute Gasteiger partial charge is 0.508 e. The molecule has 2 aromatic carbocycles. The van der Waals surface area contributed by atoms with Gasteiger partial charge in [0, 0.05) is 6.07 Å². The van der Waals surface area contributed by atoms with E-state index in [0.717, 1.165) is 16.7 Å². The van der Waals surface area contributed by atoms with Crippen molar-refractivity contribution in [2.24, 2.45) is 0 Å². The Morgan fingerprint density at radius 1 is 1.10 bits per heavy atom. The van der Waals surface area contributed by atoms with Crippen LogP contribution < -0.4 is 0 Å². The quantitative estimate of drug-likeness (QED) is 0.807. The first-order valence-electron chi connectivity index (χ1n) is 6.69. The van der Waals surface area contributed by atoms with Crippen LogP contribution in [-0.2, 0) is 11.2 Å². The van der Waals surface area contributed by atoms with Gasteiger partial charge in [0.25, 0.3) is 0 Å². The van der Waals surface area contributed by atoms with Crippen molar-refractivity contribution >= 4 is 5.97 Å². The molecule has 21 heavy (non-hydrogen) atoms. The summed E-state index contributed by atoms with van der Waals surface area (Å²) >= 11 is 0. The number of carbonyl (C=O) groups is 1. The number of carboxylic acids is 1. The first-order chi connectivity index (χ1) is 9.88. The highest BCUT2D eigenvalue weighted by atomic mass is 16.4. The zero-order chi connectivity index (χ0) is 15.6. The average Bonchev–Trinajstić information content (AvgIpc) is 2.41. The Labute approximate surface area is 123 Å². The number of hydrogen-bond acceptors (Lipinski definition) is 3. The van der Waals surface area contributed by atoms with Crippen molar-refractivity contribution in [3.05, 3.63) is 58.7 Å². The summed E-state index contributed by atoms with van der Waals surface area (Å²) in [6.07, 6.45) is 0.172. The van der Waals surface area contributed by atoms with Gasteiger partial charge >= 0.3 is 5.97 Å². The smallest absolute Gasteiger partial charge is 0.311 e. The fourth-order valence-corrected chi connectivity index (χ4v) is 2.41. The van der Waals surface area contributed by atoms with Crippen LogP contribution in [-0.4, -0.2) is 21.3 Å². The maximum absolute atomic E-state index is 11.6. The molecule has 0 aliphatic heterocycles. The molecule has 4 heteroatoms. The van der Waals surface area contributed by atoms with Crippen molar-refractivity contribution in [3.63, 3.8) is 0 Å². The fraction of sp³-hybridized carbons (Fsp3) is 0.235. The molecular weight excluding hydrogens is 268 g/mol. The predicted molar refractivity (Wildman–Crippen MR) is 79.8 cm³/mol. The maximum Gasteiger partial charge on any atom is 0.311 e. The molecule has 1 unspecified atom stereocenters. The maximum atomic E-state index is 11.6. The molecule has 0 bridgehead atoms. The summed E-state index contributed by atoms with van der Waals surface area (Å²) in [7, 11) is 0. The Balaban J connectivity index is 2.40. The molecule has 0 amide bonds. The van der Waals surface area contributed by atoms with E-state index >= 15 is 0 Å². The second kappa shape index (κ2) is 5.87. The first kappa shape index (κ1) is 14.9. The zero-order valence-electron chi connectivity index (χ0n) is 12.0. The van der Waals surface area contributed by atoms with Crippen LogP contribution in [0.2, 0.25) is 0 Å². The van der Waals surface area contributed by atoms with Crippen molar-refractivity contribution in [3.8, 4) is 11.5 Å². The van der Waals surface area contributed by atoms with Gasteiger partial charge in [-0.1, -0.05) is 29.8 Å². The van der Waals surface area contributed by atoms with Gasteiger partial charge in [0.1, 0.15) is 11.5 Å². The Kier molecular flexibility index (Phi) is 4.17. The van der Waals surface area contributed by atoms with Crippen LogP contribution in [0.4, 0.5) is 0 Å². The summed E-state index contributed by atoms with van der Waals surface area (Å²) in [5.74, 6) is -1.81. The van der Waals surface area contributed by atoms with E-state index in [0.29, 0.717) is 5.56 Å². The van der Waals surface area contributed by atoms with E-state index in [9.17, 15) is 20.1 Å². The third-order valence-electron chi connectivity index (χ3n) is 3.60. The monoisotopic (exact) mass is 286 g/mol. The number of carboxylic acid groups (broad SMARTS) is 1. The van der Waals surface area contributed by atoms with Crippen molar-refractivity contribution in [2.75, 3.05) is 0 Å². The summed E-state index contributed by atoms with van der Waals surface area (Å²) in [6.45, 7) is 3.79. The Morgan fingerprint density at radius 3 is 2.43 bits per heavy atom. The van der Waals surface area contributed by atoms with Crippen molar-refractivity contribution < 1.29 is 20.1 Å². The second-order valence-electron chi connectivity index (χ2n) is 5.27. The molecule has 0 heterocycles. The van der Waals surface area contributed by atoms with Crippen LogP contribution in [0.25, 0.3) is 0 Å². The van der Waals surface area contributed by atoms with Gasteiger partial charge in [0.05, 0.1) is 5.92 Å². The van der Waals surface area contributed by atoms with E-state index in [4.69, 9.17) is 0 Å². The van der Waals surface area contributed by atoms with E-state index in [2.05, 4.69) is 0 Å². The molecule has 2 rings (SSSR count). The molecule has 0 saturated carbocycles. The van der Waals surface area contributed by atoms with E-state index < -0.39 is 11.9 Å². The van der Waals surface area contributed by atoms with Gasteiger partial charge in [-0.3, -0.25) is 4.79 Å². The standard InChI is InChI=1S/C17H18O4/c1-10-3-4-11(2)14(7-10)15(17(20)21)8-12-5-6-13(18)9-16(12)19/h3-7,9,15,18-19H,8H2,1-2H3,(H,20,21). The number of aliphatic carboxylic acids is 1. The van der Waals surface area contributed by atoms with Gasteiger partial charge < -0.3 is 15.3 Å². The summed E-state index contributed by atoms with van der Waals surface area (Å²) in [6, 6.07) is 9.92. The van der Waals surface area contributed by atoms with E-state index in [-0.39, 0.29) is 17.9 Å². The summed E-state index contributed by atoms with van der Waals surface area (Å²) in [5.41, 5.74) is 3.15. The molecule has 0 fully saturated rings. The van der Waals surface area contributed by atoms with Gasteiger partial charge in [-0.25, -0.2) is 0 Å². The number of phenolic OH excluding ortho intramolecular Hbond substituents is 2. The van der Waals surface area contributed by atoms with Crippen molar-refractivity contribution in [1.82, 2.24) is 0 Å². The lowest BCUT2D eigenvalue weighted by Gasteiger charge is -2.17. The summed E-state index contributed by atoms with van der Waals surface area (Å²) in [4.78, 5) is 11.6. The van der Waals surface area contributed by atoms with Crippen LogP contribution in [0.5, 0.6) is 11.5 Å². The minimum absolute atomic E-state index is 0.0464. The van der Waals surface area contributed by atoms with Crippen LogP contribution >= 0.6 is 0 Å². The zero-order valence-corrected chi connectivity index (χ0v) is 12.0. The lowest BCUT2D eigenvalue weighted by atomic mass is 9.88. The van der Waals surface area contributed by atoms with Gasteiger partial charge in [0.15, 0.2) is 0 Å². The minimum Gasteiger partial charge on any atom is -0.508 e. The van der Waals surface area contributed by atoms with Crippen LogP contribution in [0.1, 0.15) is 28.2 Å². The fourth-order valence-electron chi connectivity index (χ4n) is 2.41. The Morgan fingerprint density at radius 2 is 1.81 bits per heavy atom. The summed E-state index contributed by atoms with van der Waals surface area (Å²) < 4.78 is 0. The molecule has 110 valence electrons. The molecule has 0 aliphatic rings. The number of aryl methyl sites for hydroxylation is 2. The SMILES string of the molecule is Cc1ccc(C)c(C(Cc2ccc(O)cc2O)C(=O)O)c1. The van der Waals surface area contributed by atoms with Crippen molar-refractivity contribution in [2.45, 2.75) is 26.2 Å². The molecule has 0 aromatic heterocycles. The van der Waals surface area contributed by atoms with Gasteiger partial charge in [0.2, 0.25) is 0 Å². The molecule has 4 nitrogen and oxygen atoms in total. The van der Waals surface area contributed by atoms with Gasteiger partial charge in [-0.2, -0.15) is 0 Å². The highest BCUT2D eigenvalue weighted by Gasteiger charge is 2.23. The Hall–Kier alpha value is -2.49. The third kappa shape index (κ3) is 3.34. The van der Waals surface area contributed by atoms with E-state index in [1.54, 1.807) is 6.07 Å². The van der Waals surface area contributed by atoms with Crippen LogP contribution in [0.3, 0.4) is 0 Å². The lowest BCUT2D eigenvalue weighted by Crippen LogP contribution is -2.16. The summed E-state index contributed by atoms with van der Waals surface area (Å²) in [5, 5.41) is 28.7. The highest BCUT2D eigenvalue weighted by Crippen LogP contribution is 2.30. The second-order valence-corrected chi connectivity index (χ2v) is 5.27. The Bertz CT molecular complexity index is 676. The molecule has 0 radical (unpaired) electrons. The minimum atomic E-state index is -0.934. The normalized spacial score (nSPS) is 12.1. The first-order valence-corrected chi connectivity index (χ1v) is 6.69. The molecule has 0 spiro atoms. The number of hydrogen-bond donors (Lipinski definition) is 3. The van der Waals surface area contributed by atoms with Gasteiger partial charge in [-0.15, -0.1) is 0 Å². The number of phenols is 2. The topological polar surface area (TPSA) is 77.8 Å². The van der Waals surface area contributed by atoms with Crippen LogP contribution in [0.15, 0.2) is 36.4 Å². The van der Waals surface area contributed by atoms with Gasteiger partial charge in [-0.05, 0) is 43.0 Å². The van der Waals surface area contributed by atoms with E-state index in [1.165, 1.54) is 12.1 Å². The highest BCUT2D eigenvalue weighted by molar-refractivity contribution is 5.77. The van der Waals surface area contributed by atoms with Crippen LogP contribution in [0, 0.1) is 13.8 Å². The third-order valence-corrected chi connectivity index (χ3v) is 3.60. The van der Waals surface area contributed by atoms with E-state index in [1.807, 2.05) is 32.0 Å². The lowest BCUT2D eigenvalue weighted by molar-refractivity contribution is -0.138. The molecule has 1 atom stereocenters. The molecular formula is C17H18O4. The number of benzene rings is 2. The molecule has 3 N–H and O–H groups in total. The molecule has 0 saturated heterocycles. The average molecular weight is 286 g/mol. The molecule has 0 aliphatic carbocycles. The number of rotatable bonds is 4. The number of aromatic hydroxyl groups is 2. The predicted octanol–water partition coefficient (Wildman–Crippen LogP) is 3.13.